The number of hydrogen-bond acceptors (Lipinski definition) is 7. The first kappa shape index (κ1) is 18.1. The molecule has 1 aliphatic rings. The van der Waals surface area contributed by atoms with Crippen molar-refractivity contribution in [3.8, 4) is 11.5 Å². The van der Waals surface area contributed by atoms with Gasteiger partial charge in [0.05, 0.1) is 4.92 Å². The van der Waals surface area contributed by atoms with Crippen molar-refractivity contribution in [1.29, 1.82) is 0 Å². The molecule has 1 aliphatic heterocycles. The Hall–Kier alpha value is -3.68. The second kappa shape index (κ2) is 6.91. The fourth-order valence-corrected chi connectivity index (χ4v) is 2.35. The van der Waals surface area contributed by atoms with E-state index in [0.717, 1.165) is 0 Å². The number of nitrogens with zero attached hydrogens (tertiary/aromatic N) is 1. The van der Waals surface area contributed by atoms with Crippen LogP contribution in [-0.4, -0.2) is 22.6 Å². The van der Waals surface area contributed by atoms with Crippen molar-refractivity contribution in [1.82, 2.24) is 0 Å². The zero-order chi connectivity index (χ0) is 19.6. The Kier molecular flexibility index (Phi) is 4.64. The Balaban J connectivity index is 1.73. The van der Waals surface area contributed by atoms with E-state index in [-0.39, 0.29) is 11.3 Å². The summed E-state index contributed by atoms with van der Waals surface area (Å²) in [7, 11) is 0. The highest BCUT2D eigenvalue weighted by Gasteiger charge is 2.38. The third-order valence-corrected chi connectivity index (χ3v) is 3.59. The first-order valence-corrected chi connectivity index (χ1v) is 7.94. The van der Waals surface area contributed by atoms with Gasteiger partial charge in [-0.1, -0.05) is 12.1 Å². The van der Waals surface area contributed by atoms with Crippen LogP contribution in [0.25, 0.3) is 6.08 Å². The molecule has 0 saturated carbocycles. The molecule has 0 bridgehead atoms. The van der Waals surface area contributed by atoms with E-state index in [1.807, 2.05) is 0 Å². The number of nitro benzene ring substituents is 1. The summed E-state index contributed by atoms with van der Waals surface area (Å²) in [6.45, 7) is 2.95. The average Bonchev–Trinajstić information content (AvgIpc) is 2.59. The van der Waals surface area contributed by atoms with Crippen molar-refractivity contribution < 1.29 is 28.7 Å². The van der Waals surface area contributed by atoms with E-state index >= 15 is 0 Å². The summed E-state index contributed by atoms with van der Waals surface area (Å²) in [4.78, 5) is 34.0. The lowest BCUT2D eigenvalue weighted by molar-refractivity contribution is -0.384. The van der Waals surface area contributed by atoms with Gasteiger partial charge in [0.2, 0.25) is 0 Å². The maximum absolute atomic E-state index is 11.9. The van der Waals surface area contributed by atoms with Gasteiger partial charge < -0.3 is 14.2 Å². The van der Waals surface area contributed by atoms with E-state index in [2.05, 4.69) is 0 Å². The van der Waals surface area contributed by atoms with Crippen LogP contribution in [-0.2, 0) is 19.1 Å². The summed E-state index contributed by atoms with van der Waals surface area (Å²) in [6.07, 6.45) is 1.37. The van der Waals surface area contributed by atoms with Gasteiger partial charge >= 0.3 is 11.9 Å². The van der Waals surface area contributed by atoms with Gasteiger partial charge in [0.25, 0.3) is 11.5 Å². The summed E-state index contributed by atoms with van der Waals surface area (Å²) in [6, 6.07) is 12.2. The van der Waals surface area contributed by atoms with Gasteiger partial charge in [-0.2, -0.15) is 0 Å². The normalized spacial score (nSPS) is 15.6. The number of esters is 2. The van der Waals surface area contributed by atoms with Crippen LogP contribution in [0.2, 0.25) is 0 Å². The quantitative estimate of drug-likeness (QED) is 0.266. The van der Waals surface area contributed by atoms with E-state index in [9.17, 15) is 19.7 Å². The number of nitro groups is 1. The molecule has 1 heterocycles. The third-order valence-electron chi connectivity index (χ3n) is 3.59. The predicted octanol–water partition coefficient (Wildman–Crippen LogP) is 3.61. The van der Waals surface area contributed by atoms with Crippen molar-refractivity contribution in [2.75, 3.05) is 0 Å². The minimum atomic E-state index is -1.28. The van der Waals surface area contributed by atoms with Crippen molar-refractivity contribution >= 4 is 23.7 Å². The molecule has 8 heteroatoms. The number of hydrogen-bond donors (Lipinski definition) is 0. The molecule has 2 aromatic rings. The molecule has 0 atom stereocenters. The summed E-state index contributed by atoms with van der Waals surface area (Å²) in [5, 5.41) is 10.6. The van der Waals surface area contributed by atoms with Crippen molar-refractivity contribution in [2.45, 2.75) is 19.6 Å². The number of non-ortho nitro benzene ring substituents is 1. The Morgan fingerprint density at radius 3 is 1.89 bits per heavy atom. The number of carbonyl (C=O) groups is 2. The largest absolute Gasteiger partial charge is 0.457 e. The van der Waals surface area contributed by atoms with Gasteiger partial charge in [-0.05, 0) is 35.9 Å². The van der Waals surface area contributed by atoms with Gasteiger partial charge in [-0.3, -0.25) is 10.1 Å². The fourth-order valence-electron chi connectivity index (χ4n) is 2.35. The minimum absolute atomic E-state index is 0.0289. The molecule has 0 aromatic heterocycles. The van der Waals surface area contributed by atoms with Crippen LogP contribution in [0.3, 0.4) is 0 Å². The molecule has 0 radical (unpaired) electrons. The second-order valence-electron chi connectivity index (χ2n) is 6.16. The summed E-state index contributed by atoms with van der Waals surface area (Å²) in [5.74, 6) is -1.85. The molecular weight excluding hydrogens is 354 g/mol. The van der Waals surface area contributed by atoms with Crippen LogP contribution in [0.5, 0.6) is 11.5 Å². The molecule has 0 aliphatic carbocycles. The molecule has 27 heavy (non-hydrogen) atoms. The molecule has 3 rings (SSSR count). The fraction of sp³-hybridized carbons (Fsp3) is 0.158. The lowest BCUT2D eigenvalue weighted by atomic mass is 10.1. The SMILES string of the molecule is CC1(C)OC(=O)C(=Cc2ccc(Oc3ccc([N+](=O)[O-])cc3)cc2)C(=O)O1. The molecule has 0 amide bonds. The maximum Gasteiger partial charge on any atom is 0.348 e. The Morgan fingerprint density at radius 2 is 1.41 bits per heavy atom. The molecule has 1 saturated heterocycles. The summed E-state index contributed by atoms with van der Waals surface area (Å²) >= 11 is 0. The minimum Gasteiger partial charge on any atom is -0.457 e. The molecule has 0 unspecified atom stereocenters. The first-order valence-electron chi connectivity index (χ1n) is 7.94. The average molecular weight is 369 g/mol. The Bertz CT molecular complexity index is 906. The molecule has 1 fully saturated rings. The summed E-state index contributed by atoms with van der Waals surface area (Å²) in [5.41, 5.74) is 0.353. The van der Waals surface area contributed by atoms with Gasteiger partial charge in [0.1, 0.15) is 17.1 Å². The van der Waals surface area contributed by atoms with Crippen molar-refractivity contribution in [3.05, 3.63) is 69.8 Å². The highest BCUT2D eigenvalue weighted by atomic mass is 16.7. The second-order valence-corrected chi connectivity index (χ2v) is 6.16. The highest BCUT2D eigenvalue weighted by molar-refractivity contribution is 6.18. The smallest absolute Gasteiger partial charge is 0.348 e. The topological polar surface area (TPSA) is 105 Å². The molecule has 0 spiro atoms. The lowest BCUT2D eigenvalue weighted by Gasteiger charge is -2.29. The number of ether oxygens (including phenoxy) is 3. The molecule has 0 N–H and O–H groups in total. The predicted molar refractivity (Wildman–Crippen MR) is 93.9 cm³/mol. The van der Waals surface area contributed by atoms with Crippen LogP contribution in [0.15, 0.2) is 54.1 Å². The number of carbonyl (C=O) groups excluding carboxylic acids is 2. The monoisotopic (exact) mass is 369 g/mol. The van der Waals surface area contributed by atoms with E-state index in [1.165, 1.54) is 44.2 Å². The van der Waals surface area contributed by atoms with Crippen LogP contribution in [0.4, 0.5) is 5.69 Å². The van der Waals surface area contributed by atoms with E-state index < -0.39 is 22.6 Å². The van der Waals surface area contributed by atoms with E-state index in [1.54, 1.807) is 24.3 Å². The third kappa shape index (κ3) is 4.30. The van der Waals surface area contributed by atoms with E-state index in [0.29, 0.717) is 17.1 Å². The molecule has 8 nitrogen and oxygen atoms in total. The van der Waals surface area contributed by atoms with Gasteiger partial charge in [0.15, 0.2) is 0 Å². The lowest BCUT2D eigenvalue weighted by Crippen LogP contribution is -2.41. The van der Waals surface area contributed by atoms with Gasteiger partial charge in [0, 0.05) is 26.0 Å². The molecule has 2 aromatic carbocycles. The summed E-state index contributed by atoms with van der Waals surface area (Å²) < 4.78 is 15.7. The molecular formula is C19H15NO7. The zero-order valence-corrected chi connectivity index (χ0v) is 14.5. The number of cyclic esters (lactones) is 2. The van der Waals surface area contributed by atoms with Crippen LogP contribution in [0.1, 0.15) is 19.4 Å². The van der Waals surface area contributed by atoms with Crippen molar-refractivity contribution in [3.63, 3.8) is 0 Å². The Labute approximate surface area is 154 Å². The first-order chi connectivity index (χ1) is 12.7. The van der Waals surface area contributed by atoms with Crippen LogP contribution in [0, 0.1) is 10.1 Å². The zero-order valence-electron chi connectivity index (χ0n) is 14.5. The van der Waals surface area contributed by atoms with Crippen LogP contribution < -0.4 is 4.74 Å². The highest BCUT2D eigenvalue weighted by Crippen LogP contribution is 2.26. The van der Waals surface area contributed by atoms with Gasteiger partial charge in [-0.25, -0.2) is 9.59 Å². The molecule has 138 valence electrons. The number of rotatable bonds is 4. The van der Waals surface area contributed by atoms with Crippen LogP contribution >= 0.6 is 0 Å². The maximum atomic E-state index is 11.9. The standard InChI is InChI=1S/C19H15NO7/c1-19(2)26-17(21)16(18(22)27-19)11-12-3-7-14(8-4-12)25-15-9-5-13(6-10-15)20(23)24/h3-11H,1-2H3. The Morgan fingerprint density at radius 1 is 0.926 bits per heavy atom. The van der Waals surface area contributed by atoms with E-state index in [4.69, 9.17) is 14.2 Å². The van der Waals surface area contributed by atoms with Gasteiger partial charge in [-0.15, -0.1) is 0 Å². The number of benzene rings is 2. The van der Waals surface area contributed by atoms with Crippen molar-refractivity contribution in [2.24, 2.45) is 0 Å².